The molecule has 1 aromatic heterocycles. The quantitative estimate of drug-likeness (QED) is 0.796. The molecule has 2 heterocycles. The molecule has 18 heavy (non-hydrogen) atoms. The molecule has 1 saturated heterocycles. The van der Waals surface area contributed by atoms with Gasteiger partial charge >= 0.3 is 0 Å². The molecule has 2 atom stereocenters. The second kappa shape index (κ2) is 5.73. The van der Waals surface area contributed by atoms with Crippen LogP contribution in [0.25, 0.3) is 0 Å². The Morgan fingerprint density at radius 1 is 1.67 bits per heavy atom. The van der Waals surface area contributed by atoms with Gasteiger partial charge in [-0.3, -0.25) is 9.88 Å². The van der Waals surface area contributed by atoms with Crippen molar-refractivity contribution in [1.29, 1.82) is 0 Å². The van der Waals surface area contributed by atoms with Crippen LogP contribution < -0.4 is 5.73 Å². The van der Waals surface area contributed by atoms with Gasteiger partial charge in [-0.1, -0.05) is 19.1 Å². The number of likely N-dealkylation sites (tertiary alicyclic amines) is 1. The molecule has 0 spiro atoms. The number of thiocarbonyl (C=S) groups is 1. The van der Waals surface area contributed by atoms with E-state index in [0.29, 0.717) is 16.6 Å². The summed E-state index contributed by atoms with van der Waals surface area (Å²) in [6.45, 7) is 4.65. The summed E-state index contributed by atoms with van der Waals surface area (Å²) in [5.41, 5.74) is 7.37. The predicted molar refractivity (Wildman–Crippen MR) is 75.2 cm³/mol. The summed E-state index contributed by atoms with van der Waals surface area (Å²) in [5, 5.41) is 9.87. The van der Waals surface area contributed by atoms with E-state index in [1.807, 2.05) is 12.1 Å². The first kappa shape index (κ1) is 13.4. The summed E-state index contributed by atoms with van der Waals surface area (Å²) < 4.78 is 0. The number of nitrogens with two attached hydrogens (primary N) is 1. The lowest BCUT2D eigenvalue weighted by Crippen LogP contribution is -2.42. The monoisotopic (exact) mass is 265 g/mol. The van der Waals surface area contributed by atoms with Crippen molar-refractivity contribution in [3.8, 4) is 0 Å². The number of aliphatic hydroxyl groups excluding tert-OH is 1. The molecule has 0 radical (unpaired) electrons. The minimum Gasteiger partial charge on any atom is -0.392 e. The average molecular weight is 265 g/mol. The molecule has 1 fully saturated rings. The summed E-state index contributed by atoms with van der Waals surface area (Å²) in [6, 6.07) is 3.89. The van der Waals surface area contributed by atoms with Crippen molar-refractivity contribution in [3.63, 3.8) is 0 Å². The Balaban J connectivity index is 2.01. The molecule has 1 aromatic rings. The standard InChI is InChI=1S/C13H19N3OS/c1-9-3-5-16(8-12(9)17)7-10-2-4-15-11(6-10)13(14)18/h2,4,6,9,12,17H,3,5,7-8H2,1H3,(H2,14,18). The Bertz CT molecular complexity index is 438. The average Bonchev–Trinajstić information content (AvgIpc) is 2.34. The van der Waals surface area contributed by atoms with Crippen molar-refractivity contribution in [1.82, 2.24) is 9.88 Å². The van der Waals surface area contributed by atoms with Gasteiger partial charge in [0.1, 0.15) is 4.99 Å². The van der Waals surface area contributed by atoms with Gasteiger partial charge in [-0.05, 0) is 36.6 Å². The van der Waals surface area contributed by atoms with Crippen LogP contribution in [0.3, 0.4) is 0 Å². The summed E-state index contributed by atoms with van der Waals surface area (Å²) >= 11 is 4.92. The van der Waals surface area contributed by atoms with Crippen molar-refractivity contribution in [2.45, 2.75) is 26.0 Å². The van der Waals surface area contributed by atoms with E-state index in [1.54, 1.807) is 6.20 Å². The highest BCUT2D eigenvalue weighted by Gasteiger charge is 2.24. The van der Waals surface area contributed by atoms with Gasteiger partial charge in [0.25, 0.3) is 0 Å². The fourth-order valence-electron chi connectivity index (χ4n) is 2.22. The fraction of sp³-hybridized carbons (Fsp3) is 0.538. The molecule has 0 aromatic carbocycles. The predicted octanol–water partition coefficient (Wildman–Crippen LogP) is 0.919. The molecule has 0 amide bonds. The first-order valence-electron chi connectivity index (χ1n) is 6.21. The molecule has 5 heteroatoms. The third kappa shape index (κ3) is 3.25. The van der Waals surface area contributed by atoms with Gasteiger partial charge < -0.3 is 10.8 Å². The van der Waals surface area contributed by atoms with Crippen LogP contribution in [0.1, 0.15) is 24.6 Å². The van der Waals surface area contributed by atoms with Crippen molar-refractivity contribution in [2.24, 2.45) is 11.7 Å². The van der Waals surface area contributed by atoms with Crippen LogP contribution in [-0.2, 0) is 6.54 Å². The summed E-state index contributed by atoms with van der Waals surface area (Å²) in [4.78, 5) is 6.70. The summed E-state index contributed by atoms with van der Waals surface area (Å²) in [7, 11) is 0. The zero-order valence-electron chi connectivity index (χ0n) is 10.5. The number of pyridine rings is 1. The Labute approximate surface area is 113 Å². The number of nitrogens with zero attached hydrogens (tertiary/aromatic N) is 2. The molecular formula is C13H19N3OS. The van der Waals surface area contributed by atoms with E-state index in [9.17, 15) is 5.11 Å². The van der Waals surface area contributed by atoms with E-state index in [1.165, 1.54) is 0 Å². The fourth-order valence-corrected chi connectivity index (χ4v) is 2.34. The van der Waals surface area contributed by atoms with E-state index in [2.05, 4.69) is 16.8 Å². The van der Waals surface area contributed by atoms with E-state index >= 15 is 0 Å². The smallest absolute Gasteiger partial charge is 0.122 e. The molecule has 1 aliphatic heterocycles. The highest BCUT2D eigenvalue weighted by atomic mass is 32.1. The number of aromatic nitrogens is 1. The first-order valence-corrected chi connectivity index (χ1v) is 6.62. The van der Waals surface area contributed by atoms with E-state index < -0.39 is 0 Å². The third-order valence-electron chi connectivity index (χ3n) is 3.49. The Kier molecular flexibility index (Phi) is 4.27. The van der Waals surface area contributed by atoms with Gasteiger partial charge in [-0.15, -0.1) is 0 Å². The minimum atomic E-state index is -0.226. The van der Waals surface area contributed by atoms with E-state index in [0.717, 1.165) is 31.6 Å². The van der Waals surface area contributed by atoms with Crippen LogP contribution in [0.2, 0.25) is 0 Å². The normalized spacial score (nSPS) is 25.0. The largest absolute Gasteiger partial charge is 0.392 e. The minimum absolute atomic E-state index is 0.226. The Morgan fingerprint density at radius 3 is 3.11 bits per heavy atom. The number of rotatable bonds is 3. The highest BCUT2D eigenvalue weighted by Crippen LogP contribution is 2.18. The zero-order chi connectivity index (χ0) is 13.1. The number of β-amino-alcohol motifs (C(OH)–C–C–N with tert-alkyl or cyclic N) is 1. The maximum Gasteiger partial charge on any atom is 0.122 e. The molecule has 0 bridgehead atoms. The molecule has 0 saturated carbocycles. The van der Waals surface area contributed by atoms with Gasteiger partial charge in [0, 0.05) is 19.3 Å². The van der Waals surface area contributed by atoms with Crippen LogP contribution >= 0.6 is 12.2 Å². The number of hydrogen-bond acceptors (Lipinski definition) is 4. The second-order valence-corrected chi connectivity index (χ2v) is 5.42. The van der Waals surface area contributed by atoms with Crippen molar-refractivity contribution >= 4 is 17.2 Å². The lowest BCUT2D eigenvalue weighted by Gasteiger charge is -2.34. The van der Waals surface area contributed by atoms with Crippen molar-refractivity contribution in [2.75, 3.05) is 13.1 Å². The number of piperidine rings is 1. The highest BCUT2D eigenvalue weighted by molar-refractivity contribution is 7.80. The van der Waals surface area contributed by atoms with Gasteiger partial charge in [-0.25, -0.2) is 0 Å². The van der Waals surface area contributed by atoms with Gasteiger partial charge in [0.15, 0.2) is 0 Å². The van der Waals surface area contributed by atoms with Crippen LogP contribution in [0.4, 0.5) is 0 Å². The lowest BCUT2D eigenvalue weighted by atomic mass is 9.96. The maximum atomic E-state index is 9.87. The zero-order valence-corrected chi connectivity index (χ0v) is 11.4. The first-order chi connectivity index (χ1) is 8.56. The Morgan fingerprint density at radius 2 is 2.44 bits per heavy atom. The third-order valence-corrected chi connectivity index (χ3v) is 3.69. The molecular weight excluding hydrogens is 246 g/mol. The molecule has 98 valence electrons. The van der Waals surface area contributed by atoms with Crippen LogP contribution in [0.5, 0.6) is 0 Å². The number of hydrogen-bond donors (Lipinski definition) is 2. The molecule has 0 aliphatic carbocycles. The number of aliphatic hydroxyl groups is 1. The van der Waals surface area contributed by atoms with Gasteiger partial charge in [0.2, 0.25) is 0 Å². The van der Waals surface area contributed by atoms with E-state index in [4.69, 9.17) is 18.0 Å². The molecule has 2 rings (SSSR count). The van der Waals surface area contributed by atoms with Crippen molar-refractivity contribution < 1.29 is 5.11 Å². The van der Waals surface area contributed by atoms with Crippen molar-refractivity contribution in [3.05, 3.63) is 29.6 Å². The molecule has 2 unspecified atom stereocenters. The Hall–Kier alpha value is -1.04. The topological polar surface area (TPSA) is 62.4 Å². The SMILES string of the molecule is CC1CCN(Cc2ccnc(C(N)=S)c2)CC1O. The summed E-state index contributed by atoms with van der Waals surface area (Å²) in [6.07, 6.45) is 2.54. The van der Waals surface area contributed by atoms with Crippen LogP contribution in [0.15, 0.2) is 18.3 Å². The molecule has 3 N–H and O–H groups in total. The molecule has 1 aliphatic rings. The van der Waals surface area contributed by atoms with Crippen LogP contribution in [-0.4, -0.2) is 39.2 Å². The molecule has 4 nitrogen and oxygen atoms in total. The van der Waals surface area contributed by atoms with Gasteiger partial charge in [0.05, 0.1) is 11.8 Å². The van der Waals surface area contributed by atoms with E-state index in [-0.39, 0.29) is 6.10 Å². The van der Waals surface area contributed by atoms with Crippen LogP contribution in [0, 0.1) is 5.92 Å². The van der Waals surface area contributed by atoms with Gasteiger partial charge in [-0.2, -0.15) is 0 Å². The lowest BCUT2D eigenvalue weighted by molar-refractivity contribution is 0.0259. The second-order valence-electron chi connectivity index (χ2n) is 4.98. The summed E-state index contributed by atoms with van der Waals surface area (Å²) in [5.74, 6) is 0.394. The maximum absolute atomic E-state index is 9.87.